The second-order valence-electron chi connectivity index (χ2n) is 5.04. The Morgan fingerprint density at radius 3 is 2.64 bits per heavy atom. The topological polar surface area (TPSA) is 62.3 Å². The lowest BCUT2D eigenvalue weighted by Crippen LogP contribution is -2.44. The van der Waals surface area contributed by atoms with Crippen LogP contribution in [0, 0.1) is 6.92 Å². The molecule has 0 aliphatic heterocycles. The van der Waals surface area contributed by atoms with Gasteiger partial charge in [0.15, 0.2) is 5.60 Å². The summed E-state index contributed by atoms with van der Waals surface area (Å²) in [6.45, 7) is 3.17. The highest BCUT2D eigenvalue weighted by molar-refractivity contribution is 5.87. The molecule has 0 radical (unpaired) electrons. The van der Waals surface area contributed by atoms with Crippen LogP contribution in [0.5, 0.6) is 0 Å². The normalized spacial score (nSPS) is 14.8. The van der Waals surface area contributed by atoms with E-state index < -0.39 is 24.2 Å². The Hall–Kier alpha value is -2.02. The van der Waals surface area contributed by atoms with Crippen molar-refractivity contribution >= 4 is 16.9 Å². The molecule has 2 rings (SSSR count). The number of fused-ring (bicyclic) bond motifs is 1. The third-order valence-corrected chi connectivity index (χ3v) is 3.54. The number of aromatic amines is 1. The van der Waals surface area contributed by atoms with E-state index in [4.69, 9.17) is 0 Å². The Bertz CT molecular complexity index is 693. The van der Waals surface area contributed by atoms with Crippen molar-refractivity contribution in [3.8, 4) is 0 Å². The van der Waals surface area contributed by atoms with Crippen LogP contribution in [-0.2, 0) is 15.1 Å². The molecule has 0 spiro atoms. The molecule has 1 atom stereocenters. The summed E-state index contributed by atoms with van der Waals surface area (Å²) in [5, 5.41) is 10.5. The van der Waals surface area contributed by atoms with E-state index in [1.54, 1.807) is 19.1 Å². The van der Waals surface area contributed by atoms with Gasteiger partial charge in [0.25, 0.3) is 0 Å². The molecule has 0 bridgehead atoms. The van der Waals surface area contributed by atoms with Crippen molar-refractivity contribution in [1.82, 2.24) is 4.98 Å². The Balaban J connectivity index is 2.58. The Morgan fingerprint density at radius 2 is 2.05 bits per heavy atom. The number of nitrogens with one attached hydrogen (secondary N) is 1. The first-order valence-corrected chi connectivity index (χ1v) is 6.72. The van der Waals surface area contributed by atoms with Gasteiger partial charge in [0.05, 0.1) is 13.0 Å². The van der Waals surface area contributed by atoms with Gasteiger partial charge in [-0.1, -0.05) is 18.2 Å². The minimum atomic E-state index is -5.02. The largest absolute Gasteiger partial charge is 0.466 e. The van der Waals surface area contributed by atoms with Crippen LogP contribution in [0.2, 0.25) is 0 Å². The number of aromatic nitrogens is 1. The van der Waals surface area contributed by atoms with Gasteiger partial charge in [-0.2, -0.15) is 13.2 Å². The molecule has 4 nitrogen and oxygen atoms in total. The summed E-state index contributed by atoms with van der Waals surface area (Å²) < 4.78 is 44.8. The predicted molar refractivity (Wildman–Crippen MR) is 74.2 cm³/mol. The lowest BCUT2D eigenvalue weighted by atomic mass is 9.89. The minimum Gasteiger partial charge on any atom is -0.466 e. The van der Waals surface area contributed by atoms with Crippen molar-refractivity contribution in [2.24, 2.45) is 0 Å². The van der Waals surface area contributed by atoms with Gasteiger partial charge in [-0.05, 0) is 19.4 Å². The fourth-order valence-electron chi connectivity index (χ4n) is 2.42. The summed E-state index contributed by atoms with van der Waals surface area (Å²) in [4.78, 5) is 14.2. The molecular weight excluding hydrogens is 299 g/mol. The monoisotopic (exact) mass is 315 g/mol. The van der Waals surface area contributed by atoms with Crippen molar-refractivity contribution in [3.05, 3.63) is 35.5 Å². The number of carbonyl (C=O) groups excluding carboxylic acids is 1. The van der Waals surface area contributed by atoms with E-state index in [9.17, 15) is 23.1 Å². The highest BCUT2D eigenvalue weighted by atomic mass is 19.4. The fraction of sp³-hybridized carbons (Fsp3) is 0.400. The Labute approximate surface area is 124 Å². The van der Waals surface area contributed by atoms with Gasteiger partial charge in [0.1, 0.15) is 0 Å². The zero-order valence-corrected chi connectivity index (χ0v) is 12.1. The number of H-pyrrole nitrogens is 1. The van der Waals surface area contributed by atoms with Crippen LogP contribution >= 0.6 is 0 Å². The van der Waals surface area contributed by atoms with Gasteiger partial charge in [-0.25, -0.2) is 0 Å². The Kier molecular flexibility index (Phi) is 4.19. The molecule has 0 saturated carbocycles. The quantitative estimate of drug-likeness (QED) is 0.852. The number of hydrogen-bond donors (Lipinski definition) is 2. The minimum absolute atomic E-state index is 0.0558. The average molecular weight is 315 g/mol. The first kappa shape index (κ1) is 16.4. The van der Waals surface area contributed by atoms with Crippen molar-refractivity contribution in [1.29, 1.82) is 0 Å². The summed E-state index contributed by atoms with van der Waals surface area (Å²) in [6.07, 6.45) is -5.12. The molecular formula is C15H16F3NO3. The number of alkyl halides is 3. The van der Waals surface area contributed by atoms with Gasteiger partial charge < -0.3 is 14.8 Å². The summed E-state index contributed by atoms with van der Waals surface area (Å²) in [7, 11) is 0. The highest BCUT2D eigenvalue weighted by Crippen LogP contribution is 2.44. The number of hydrogen-bond acceptors (Lipinski definition) is 3. The Morgan fingerprint density at radius 1 is 1.36 bits per heavy atom. The molecule has 0 saturated heterocycles. The van der Waals surface area contributed by atoms with Gasteiger partial charge in [0, 0.05) is 22.7 Å². The smallest absolute Gasteiger partial charge is 0.422 e. The van der Waals surface area contributed by atoms with Crippen LogP contribution in [0.3, 0.4) is 0 Å². The lowest BCUT2D eigenvalue weighted by molar-refractivity contribution is -0.269. The van der Waals surface area contributed by atoms with E-state index in [1.165, 1.54) is 13.0 Å². The van der Waals surface area contributed by atoms with Crippen molar-refractivity contribution in [3.63, 3.8) is 0 Å². The molecule has 22 heavy (non-hydrogen) atoms. The number of esters is 1. The van der Waals surface area contributed by atoms with Gasteiger partial charge >= 0.3 is 12.1 Å². The molecule has 0 aliphatic rings. The molecule has 7 heteroatoms. The van der Waals surface area contributed by atoms with E-state index in [2.05, 4.69) is 9.72 Å². The lowest BCUT2D eigenvalue weighted by Gasteiger charge is -2.29. The standard InChI is InChI=1S/C15H16F3NO3/c1-3-22-12(20)7-14(21,15(16,17)18)11-8-19-13-9(2)5-4-6-10(11)13/h4-6,8,19,21H,3,7H2,1-2H3. The molecule has 120 valence electrons. The molecule has 0 aliphatic carbocycles. The SMILES string of the molecule is CCOC(=O)CC(O)(c1c[nH]c2c(C)cccc12)C(F)(F)F. The van der Waals surface area contributed by atoms with Crippen LogP contribution < -0.4 is 0 Å². The summed E-state index contributed by atoms with van der Waals surface area (Å²) >= 11 is 0. The van der Waals surface area contributed by atoms with E-state index >= 15 is 0 Å². The van der Waals surface area contributed by atoms with Crippen LogP contribution in [0.15, 0.2) is 24.4 Å². The summed E-state index contributed by atoms with van der Waals surface area (Å²) in [5.74, 6) is -1.11. The number of carbonyl (C=O) groups is 1. The van der Waals surface area contributed by atoms with Crippen LogP contribution in [0.25, 0.3) is 10.9 Å². The van der Waals surface area contributed by atoms with E-state index in [0.29, 0.717) is 5.52 Å². The number of aliphatic hydroxyl groups is 1. The van der Waals surface area contributed by atoms with Crippen LogP contribution in [-0.4, -0.2) is 28.8 Å². The molecule has 1 aromatic heterocycles. The van der Waals surface area contributed by atoms with Crippen molar-refractivity contribution < 1.29 is 27.8 Å². The molecule has 0 amide bonds. The van der Waals surface area contributed by atoms with E-state index in [0.717, 1.165) is 11.8 Å². The van der Waals surface area contributed by atoms with Gasteiger partial charge in [0.2, 0.25) is 0 Å². The zero-order valence-electron chi connectivity index (χ0n) is 12.1. The van der Waals surface area contributed by atoms with Crippen LogP contribution in [0.1, 0.15) is 24.5 Å². The molecule has 1 heterocycles. The molecule has 1 unspecified atom stereocenters. The number of ether oxygens (including phenoxy) is 1. The third kappa shape index (κ3) is 2.68. The number of halogens is 3. The maximum atomic E-state index is 13.4. The van der Waals surface area contributed by atoms with Crippen molar-refractivity contribution in [2.45, 2.75) is 32.0 Å². The number of para-hydroxylation sites is 1. The number of aryl methyl sites for hydroxylation is 1. The molecule has 2 N–H and O–H groups in total. The average Bonchev–Trinajstić information content (AvgIpc) is 2.83. The zero-order chi connectivity index (χ0) is 16.5. The molecule has 2 aromatic rings. The molecule has 1 aromatic carbocycles. The molecule has 0 fully saturated rings. The summed E-state index contributed by atoms with van der Waals surface area (Å²) in [6, 6.07) is 4.80. The van der Waals surface area contributed by atoms with Gasteiger partial charge in [-0.15, -0.1) is 0 Å². The summed E-state index contributed by atoms with van der Waals surface area (Å²) in [5.41, 5.74) is -2.45. The first-order valence-electron chi connectivity index (χ1n) is 6.72. The number of benzene rings is 1. The fourth-order valence-corrected chi connectivity index (χ4v) is 2.42. The van der Waals surface area contributed by atoms with E-state index in [-0.39, 0.29) is 17.6 Å². The maximum Gasteiger partial charge on any atom is 0.422 e. The second-order valence-corrected chi connectivity index (χ2v) is 5.04. The maximum absolute atomic E-state index is 13.4. The third-order valence-electron chi connectivity index (χ3n) is 3.54. The first-order chi connectivity index (χ1) is 10.2. The van der Waals surface area contributed by atoms with Crippen molar-refractivity contribution in [2.75, 3.05) is 6.61 Å². The van der Waals surface area contributed by atoms with Gasteiger partial charge in [-0.3, -0.25) is 4.79 Å². The van der Waals surface area contributed by atoms with E-state index in [1.807, 2.05) is 0 Å². The predicted octanol–water partition coefficient (Wildman–Crippen LogP) is 3.18. The second kappa shape index (κ2) is 5.64. The highest BCUT2D eigenvalue weighted by Gasteiger charge is 2.57. The number of rotatable bonds is 4. The van der Waals surface area contributed by atoms with Crippen LogP contribution in [0.4, 0.5) is 13.2 Å².